The van der Waals surface area contributed by atoms with Crippen LogP contribution < -0.4 is 20.9 Å². The summed E-state index contributed by atoms with van der Waals surface area (Å²) in [5.74, 6) is -0.0550. The van der Waals surface area contributed by atoms with Crippen LogP contribution in [0.1, 0.15) is 33.9 Å². The van der Waals surface area contributed by atoms with Crippen LogP contribution in [0.2, 0.25) is 0 Å². The minimum absolute atomic E-state index is 0.0718. The second-order valence-electron chi connectivity index (χ2n) is 9.06. The molecule has 2 aromatic rings. The molecule has 1 saturated heterocycles. The summed E-state index contributed by atoms with van der Waals surface area (Å²) < 4.78 is 35.4. The van der Waals surface area contributed by atoms with Crippen LogP contribution in [0.4, 0.5) is 0 Å². The van der Waals surface area contributed by atoms with Gasteiger partial charge in [0.15, 0.2) is 17.9 Å². The van der Waals surface area contributed by atoms with Crippen LogP contribution in [0.15, 0.2) is 52.2 Å². The first-order valence-electron chi connectivity index (χ1n) is 11.9. The molecule has 6 N–H and O–H groups in total. The third-order valence-electron chi connectivity index (χ3n) is 5.47. The maximum absolute atomic E-state index is 13.8. The molecule has 0 bridgehead atoms. The van der Waals surface area contributed by atoms with Crippen molar-refractivity contribution in [2.45, 2.75) is 69.9 Å². The molecule has 3 rings (SSSR count). The molecule has 1 aromatic heterocycles. The Bertz CT molecular complexity index is 1430. The molecule has 1 aliphatic heterocycles. The van der Waals surface area contributed by atoms with Gasteiger partial charge in [0, 0.05) is 12.3 Å². The standard InChI is InChI=1S/C24H30N3O12P/c1-5-12-23(32)18(29)19(37-21(23)27-13-11-17(28)25-22(27)31)24(33,34)39-40(35,38-16-9-7-6-8-10-16)26-15(4)20(30)36-14(2)3/h6-11,13-15,18-19,21,29,32-34H,1-4H3,(H,26,35)(H,25,28,31)/t15-,18-,19-,21+,23?,40+/m0/s1. The maximum Gasteiger partial charge on any atom is 0.463 e. The van der Waals surface area contributed by atoms with E-state index in [1.807, 2.05) is 4.98 Å². The molecule has 218 valence electrons. The largest absolute Gasteiger partial charge is 0.463 e. The molecule has 0 radical (unpaired) electrons. The molecule has 40 heavy (non-hydrogen) atoms. The number of H-pyrrole nitrogens is 1. The summed E-state index contributed by atoms with van der Waals surface area (Å²) in [5.41, 5.74) is -4.52. The molecule has 0 spiro atoms. The van der Waals surface area contributed by atoms with Gasteiger partial charge in [0.05, 0.1) is 6.10 Å². The number of esters is 1. The van der Waals surface area contributed by atoms with Gasteiger partial charge < -0.3 is 34.4 Å². The lowest BCUT2D eigenvalue weighted by Crippen LogP contribution is -2.55. The van der Waals surface area contributed by atoms with E-state index >= 15 is 0 Å². The monoisotopic (exact) mass is 583 g/mol. The number of carbonyl (C=O) groups is 1. The van der Waals surface area contributed by atoms with Crippen LogP contribution in [0.25, 0.3) is 0 Å². The number of para-hydroxylation sites is 1. The van der Waals surface area contributed by atoms with Gasteiger partial charge in [-0.2, -0.15) is 5.09 Å². The van der Waals surface area contributed by atoms with Crippen molar-refractivity contribution >= 4 is 13.7 Å². The minimum atomic E-state index is -4.94. The van der Waals surface area contributed by atoms with Crippen molar-refractivity contribution in [2.75, 3.05) is 0 Å². The van der Waals surface area contributed by atoms with Crippen molar-refractivity contribution in [3.63, 3.8) is 0 Å². The number of aliphatic hydroxyl groups excluding tert-OH is 1. The molecular formula is C24H30N3O12P. The fraction of sp³-hybridized carbons (Fsp3) is 0.458. The van der Waals surface area contributed by atoms with Crippen LogP contribution in [-0.4, -0.2) is 71.9 Å². The van der Waals surface area contributed by atoms with E-state index in [-0.39, 0.29) is 5.75 Å². The molecular weight excluding hydrogens is 553 g/mol. The van der Waals surface area contributed by atoms with Crippen LogP contribution in [0.5, 0.6) is 5.75 Å². The highest BCUT2D eigenvalue weighted by Crippen LogP contribution is 2.51. The molecule has 2 heterocycles. The molecule has 1 unspecified atom stereocenters. The third kappa shape index (κ3) is 6.87. The Balaban J connectivity index is 1.99. The summed E-state index contributed by atoms with van der Waals surface area (Å²) in [7, 11) is -4.94. The van der Waals surface area contributed by atoms with Gasteiger partial charge in [-0.1, -0.05) is 24.1 Å². The van der Waals surface area contributed by atoms with E-state index in [9.17, 15) is 39.4 Å². The summed E-state index contributed by atoms with van der Waals surface area (Å²) in [4.78, 5) is 38.2. The Hall–Kier alpha value is -3.32. The minimum Gasteiger partial charge on any atom is -0.462 e. The Labute approximate surface area is 227 Å². The topological polar surface area (TPSA) is 219 Å². The van der Waals surface area contributed by atoms with Crippen LogP contribution >= 0.6 is 7.75 Å². The average molecular weight is 583 g/mol. The molecule has 15 nitrogen and oxygen atoms in total. The number of aromatic amines is 1. The lowest BCUT2D eigenvalue weighted by molar-refractivity contribution is -0.354. The number of aromatic nitrogens is 2. The normalized spacial score (nSPS) is 25.0. The van der Waals surface area contributed by atoms with E-state index in [2.05, 4.69) is 16.9 Å². The Kier molecular flexibility index (Phi) is 9.40. The first-order chi connectivity index (χ1) is 18.6. The lowest BCUT2D eigenvalue weighted by Gasteiger charge is -2.33. The number of aliphatic hydroxyl groups is 4. The van der Waals surface area contributed by atoms with Crippen molar-refractivity contribution in [1.82, 2.24) is 14.6 Å². The first kappa shape index (κ1) is 31.2. The van der Waals surface area contributed by atoms with Gasteiger partial charge in [-0.15, -0.1) is 5.92 Å². The Morgan fingerprint density at radius 3 is 2.45 bits per heavy atom. The smallest absolute Gasteiger partial charge is 0.462 e. The SMILES string of the molecule is CC#CC1(O)[C@@H](O)[C@@H](C(O)(O)O[P@@](=O)(N[C@@H](C)C(=O)OC(C)C)Oc2ccccc2)O[C@H]1n1ccc(=O)[nH]c1=O. The number of hydrogen-bond donors (Lipinski definition) is 6. The number of benzene rings is 1. The first-order valence-corrected chi connectivity index (χ1v) is 13.5. The van der Waals surface area contributed by atoms with E-state index in [0.29, 0.717) is 4.57 Å². The number of ether oxygens (including phenoxy) is 2. The molecule has 1 fully saturated rings. The van der Waals surface area contributed by atoms with Crippen molar-refractivity contribution in [3.8, 4) is 17.6 Å². The molecule has 1 aliphatic rings. The number of nitrogens with one attached hydrogen (secondary N) is 2. The maximum atomic E-state index is 13.8. The number of hydrogen-bond acceptors (Lipinski definition) is 12. The highest BCUT2D eigenvalue weighted by Gasteiger charge is 2.64. The van der Waals surface area contributed by atoms with E-state index in [4.69, 9.17) is 18.5 Å². The lowest BCUT2D eigenvalue weighted by atomic mass is 9.93. The Morgan fingerprint density at radius 2 is 1.88 bits per heavy atom. The van der Waals surface area contributed by atoms with E-state index in [1.54, 1.807) is 19.9 Å². The van der Waals surface area contributed by atoms with Gasteiger partial charge in [0.25, 0.3) is 5.56 Å². The van der Waals surface area contributed by atoms with Crippen LogP contribution in [-0.2, 0) is 23.4 Å². The second kappa shape index (κ2) is 12.0. The predicted molar refractivity (Wildman–Crippen MR) is 136 cm³/mol. The summed E-state index contributed by atoms with van der Waals surface area (Å²) >= 11 is 0. The highest BCUT2D eigenvalue weighted by atomic mass is 31.2. The number of carbonyl (C=O) groups excluding carboxylic acids is 1. The van der Waals surface area contributed by atoms with Crippen molar-refractivity contribution in [1.29, 1.82) is 0 Å². The van der Waals surface area contributed by atoms with Gasteiger partial charge >= 0.3 is 25.4 Å². The molecule has 0 saturated carbocycles. The highest BCUT2D eigenvalue weighted by molar-refractivity contribution is 7.52. The zero-order valence-corrected chi connectivity index (χ0v) is 22.8. The molecule has 1 aromatic carbocycles. The van der Waals surface area contributed by atoms with Gasteiger partial charge in [0.1, 0.15) is 17.9 Å². The average Bonchev–Trinajstić information content (AvgIpc) is 3.10. The number of nitrogens with zero attached hydrogens (tertiary/aromatic N) is 1. The van der Waals surface area contributed by atoms with Gasteiger partial charge in [-0.05, 0) is 39.8 Å². The quantitative estimate of drug-likeness (QED) is 0.0885. The molecule has 6 atom stereocenters. The zero-order chi connectivity index (χ0) is 29.9. The summed E-state index contributed by atoms with van der Waals surface area (Å²) in [6, 6.07) is 6.92. The van der Waals surface area contributed by atoms with E-state index in [0.717, 1.165) is 12.3 Å². The molecule has 0 amide bonds. The van der Waals surface area contributed by atoms with Gasteiger partial charge in [-0.3, -0.25) is 19.1 Å². The fourth-order valence-corrected chi connectivity index (χ4v) is 5.34. The fourth-order valence-electron chi connectivity index (χ4n) is 3.76. The van der Waals surface area contributed by atoms with E-state index < -0.39 is 67.1 Å². The summed E-state index contributed by atoms with van der Waals surface area (Å²) in [6.45, 7) is 5.70. The van der Waals surface area contributed by atoms with Crippen LogP contribution in [0, 0.1) is 11.8 Å². The van der Waals surface area contributed by atoms with E-state index in [1.165, 1.54) is 38.1 Å². The molecule has 16 heteroatoms. The Morgan fingerprint density at radius 1 is 1.23 bits per heavy atom. The number of rotatable bonds is 10. The van der Waals surface area contributed by atoms with Crippen LogP contribution in [0.3, 0.4) is 0 Å². The zero-order valence-electron chi connectivity index (χ0n) is 21.9. The molecule has 0 aliphatic carbocycles. The second-order valence-corrected chi connectivity index (χ2v) is 10.7. The van der Waals surface area contributed by atoms with Crippen molar-refractivity contribution in [2.24, 2.45) is 0 Å². The van der Waals surface area contributed by atoms with Gasteiger partial charge in [0.2, 0.25) is 0 Å². The van der Waals surface area contributed by atoms with Gasteiger partial charge in [-0.25, -0.2) is 13.9 Å². The predicted octanol–water partition coefficient (Wildman–Crippen LogP) is -0.679. The summed E-state index contributed by atoms with van der Waals surface area (Å²) in [5, 5.41) is 46.2. The third-order valence-corrected chi connectivity index (χ3v) is 7.13. The summed E-state index contributed by atoms with van der Waals surface area (Å²) in [6.07, 6.45) is -6.15. The van der Waals surface area contributed by atoms with Crippen molar-refractivity contribution in [3.05, 3.63) is 63.4 Å². The van der Waals surface area contributed by atoms with Crippen molar-refractivity contribution < 1.29 is 48.3 Å².